The lowest BCUT2D eigenvalue weighted by molar-refractivity contribution is 0.0311. The number of aliphatic hydroxyl groups is 1. The average molecular weight is 262 g/mol. The van der Waals surface area contributed by atoms with Gasteiger partial charge in [0.1, 0.15) is 12.7 Å². The van der Waals surface area contributed by atoms with Gasteiger partial charge in [0.25, 0.3) is 0 Å². The van der Waals surface area contributed by atoms with Crippen molar-refractivity contribution in [1.82, 2.24) is 9.78 Å². The van der Waals surface area contributed by atoms with Crippen molar-refractivity contribution in [2.24, 2.45) is 0 Å². The molecule has 0 saturated heterocycles. The van der Waals surface area contributed by atoms with E-state index in [-0.39, 0.29) is 13.2 Å². The normalized spacial score (nSPS) is 12.4. The van der Waals surface area contributed by atoms with Crippen molar-refractivity contribution >= 4 is 0 Å². The van der Waals surface area contributed by atoms with Gasteiger partial charge in [0.15, 0.2) is 0 Å². The summed E-state index contributed by atoms with van der Waals surface area (Å²) in [4.78, 5) is 0. The lowest BCUT2D eigenvalue weighted by atomic mass is 10.3. The molecule has 0 radical (unpaired) electrons. The maximum Gasteiger partial charge on any atom is 0.236 e. The molecule has 0 fully saturated rings. The van der Waals surface area contributed by atoms with Gasteiger partial charge in [0, 0.05) is 18.9 Å². The number of aryl methyl sites for hydroxylation is 1. The molecular weight excluding hydrogens is 244 g/mol. The smallest absolute Gasteiger partial charge is 0.236 e. The fraction of sp³-hybridized carbons (Fsp3) is 0.357. The van der Waals surface area contributed by atoms with E-state index in [9.17, 15) is 5.11 Å². The fourth-order valence-corrected chi connectivity index (χ4v) is 1.72. The van der Waals surface area contributed by atoms with Gasteiger partial charge in [-0.2, -0.15) is 0 Å². The summed E-state index contributed by atoms with van der Waals surface area (Å²) in [6, 6.07) is 9.80. The molecule has 0 spiro atoms. The molecule has 2 aromatic rings. The Kier molecular flexibility index (Phi) is 4.54. The first-order valence-electron chi connectivity index (χ1n) is 6.12. The summed E-state index contributed by atoms with van der Waals surface area (Å²) in [6.07, 6.45) is 1.25. The summed E-state index contributed by atoms with van der Waals surface area (Å²) in [7, 11) is 1.54. The Labute approximate surface area is 112 Å². The number of ether oxygens (including phenoxy) is 2. The molecule has 1 aromatic heterocycles. The Morgan fingerprint density at radius 2 is 2.00 bits per heavy atom. The van der Waals surface area contributed by atoms with E-state index in [1.165, 1.54) is 0 Å². The van der Waals surface area contributed by atoms with Crippen LogP contribution >= 0.6 is 0 Å². The van der Waals surface area contributed by atoms with Crippen LogP contribution in [0.2, 0.25) is 0 Å². The van der Waals surface area contributed by atoms with Crippen LogP contribution in [-0.2, 0) is 4.74 Å². The highest BCUT2D eigenvalue weighted by atomic mass is 16.5. The lowest BCUT2D eigenvalue weighted by Gasteiger charge is -2.09. The zero-order chi connectivity index (χ0) is 13.7. The summed E-state index contributed by atoms with van der Waals surface area (Å²) in [5, 5.41) is 13.9. The van der Waals surface area contributed by atoms with Crippen LogP contribution in [0.1, 0.15) is 5.56 Å². The fourth-order valence-electron chi connectivity index (χ4n) is 1.72. The molecule has 0 aliphatic rings. The van der Waals surface area contributed by atoms with Crippen molar-refractivity contribution < 1.29 is 14.6 Å². The number of nitrogens with zero attached hydrogens (tertiary/aromatic N) is 2. The standard InChI is InChI=1S/C14H18N2O3/c1-11-8-16(12-6-4-3-5-7-12)15-14(11)19-10-13(17)9-18-2/h3-8,13,17H,9-10H2,1-2H3/t13-/m1/s1. The third-order valence-corrected chi connectivity index (χ3v) is 2.64. The number of rotatable bonds is 6. The molecule has 19 heavy (non-hydrogen) atoms. The number of hydrogen-bond donors (Lipinski definition) is 1. The molecule has 0 unspecified atom stereocenters. The van der Waals surface area contributed by atoms with Crippen molar-refractivity contribution in [2.45, 2.75) is 13.0 Å². The average Bonchev–Trinajstić information content (AvgIpc) is 2.79. The Morgan fingerprint density at radius 1 is 1.26 bits per heavy atom. The van der Waals surface area contributed by atoms with Gasteiger partial charge in [-0.1, -0.05) is 18.2 Å². The van der Waals surface area contributed by atoms with E-state index < -0.39 is 6.10 Å². The molecule has 1 atom stereocenters. The van der Waals surface area contributed by atoms with Crippen LogP contribution < -0.4 is 4.74 Å². The van der Waals surface area contributed by atoms with Gasteiger partial charge in [-0.3, -0.25) is 0 Å². The van der Waals surface area contributed by atoms with Gasteiger partial charge < -0.3 is 14.6 Å². The molecule has 0 aliphatic carbocycles. The molecular formula is C14H18N2O3. The van der Waals surface area contributed by atoms with Crippen molar-refractivity contribution in [3.63, 3.8) is 0 Å². The lowest BCUT2D eigenvalue weighted by Crippen LogP contribution is -2.22. The molecule has 0 bridgehead atoms. The largest absolute Gasteiger partial charge is 0.474 e. The van der Waals surface area contributed by atoms with Crippen molar-refractivity contribution in [2.75, 3.05) is 20.3 Å². The van der Waals surface area contributed by atoms with Gasteiger partial charge in [0.2, 0.25) is 5.88 Å². The molecule has 5 heteroatoms. The van der Waals surface area contributed by atoms with Crippen molar-refractivity contribution in [3.05, 3.63) is 42.1 Å². The predicted octanol–water partition coefficient (Wildman–Crippen LogP) is 1.57. The molecule has 1 N–H and O–H groups in total. The molecule has 0 amide bonds. The predicted molar refractivity (Wildman–Crippen MR) is 71.7 cm³/mol. The van der Waals surface area contributed by atoms with E-state index in [0.29, 0.717) is 5.88 Å². The van der Waals surface area contributed by atoms with E-state index in [1.54, 1.807) is 11.8 Å². The number of aromatic nitrogens is 2. The highest BCUT2D eigenvalue weighted by Crippen LogP contribution is 2.17. The molecule has 2 rings (SSSR count). The Hall–Kier alpha value is -1.85. The van der Waals surface area contributed by atoms with Crippen LogP contribution in [0.4, 0.5) is 0 Å². The minimum absolute atomic E-state index is 0.167. The van der Waals surface area contributed by atoms with E-state index in [0.717, 1.165) is 11.3 Å². The molecule has 1 heterocycles. The third-order valence-electron chi connectivity index (χ3n) is 2.64. The zero-order valence-electron chi connectivity index (χ0n) is 11.1. The maximum atomic E-state index is 9.54. The Morgan fingerprint density at radius 3 is 2.68 bits per heavy atom. The first kappa shape index (κ1) is 13.6. The number of methoxy groups -OCH3 is 1. The maximum absolute atomic E-state index is 9.54. The summed E-state index contributed by atoms with van der Waals surface area (Å²) in [5.74, 6) is 0.527. The Bertz CT molecular complexity index is 511. The minimum Gasteiger partial charge on any atom is -0.474 e. The first-order valence-corrected chi connectivity index (χ1v) is 6.12. The van der Waals surface area contributed by atoms with Crippen molar-refractivity contribution in [3.8, 4) is 11.6 Å². The van der Waals surface area contributed by atoms with Gasteiger partial charge in [0.05, 0.1) is 12.3 Å². The third kappa shape index (κ3) is 3.56. The van der Waals surface area contributed by atoms with Gasteiger partial charge in [-0.05, 0) is 19.1 Å². The van der Waals surface area contributed by atoms with Crippen LogP contribution in [0.15, 0.2) is 36.5 Å². The van der Waals surface area contributed by atoms with Crippen LogP contribution in [-0.4, -0.2) is 41.3 Å². The Balaban J connectivity index is 2.05. The second-order valence-electron chi connectivity index (χ2n) is 4.32. The van der Waals surface area contributed by atoms with Crippen LogP contribution in [0.3, 0.4) is 0 Å². The van der Waals surface area contributed by atoms with Crippen LogP contribution in [0, 0.1) is 6.92 Å². The molecule has 1 aromatic carbocycles. The van der Waals surface area contributed by atoms with Crippen molar-refractivity contribution in [1.29, 1.82) is 0 Å². The van der Waals surface area contributed by atoms with E-state index >= 15 is 0 Å². The highest BCUT2D eigenvalue weighted by Gasteiger charge is 2.10. The molecule has 102 valence electrons. The second-order valence-corrected chi connectivity index (χ2v) is 4.32. The summed E-state index contributed by atoms with van der Waals surface area (Å²) < 4.78 is 12.1. The SMILES string of the molecule is COC[C@@H](O)COc1nn(-c2ccccc2)cc1C. The summed E-state index contributed by atoms with van der Waals surface area (Å²) in [5.41, 5.74) is 1.89. The topological polar surface area (TPSA) is 56.5 Å². The number of aliphatic hydroxyl groups excluding tert-OH is 1. The van der Waals surface area contributed by atoms with Gasteiger partial charge in [-0.25, -0.2) is 4.68 Å². The van der Waals surface area contributed by atoms with E-state index in [1.807, 2.05) is 43.5 Å². The minimum atomic E-state index is -0.647. The van der Waals surface area contributed by atoms with Crippen LogP contribution in [0.5, 0.6) is 5.88 Å². The highest BCUT2D eigenvalue weighted by molar-refractivity contribution is 5.33. The molecule has 0 aliphatic heterocycles. The van der Waals surface area contributed by atoms with Gasteiger partial charge in [-0.15, -0.1) is 5.10 Å². The summed E-state index contributed by atoms with van der Waals surface area (Å²) in [6.45, 7) is 2.34. The monoisotopic (exact) mass is 262 g/mol. The summed E-state index contributed by atoms with van der Waals surface area (Å²) >= 11 is 0. The number of benzene rings is 1. The second kappa shape index (κ2) is 6.36. The van der Waals surface area contributed by atoms with Gasteiger partial charge >= 0.3 is 0 Å². The quantitative estimate of drug-likeness (QED) is 0.858. The molecule has 0 saturated carbocycles. The van der Waals surface area contributed by atoms with E-state index in [4.69, 9.17) is 9.47 Å². The number of hydrogen-bond acceptors (Lipinski definition) is 4. The first-order chi connectivity index (χ1) is 9.20. The zero-order valence-corrected chi connectivity index (χ0v) is 11.1. The van der Waals surface area contributed by atoms with Crippen LogP contribution in [0.25, 0.3) is 5.69 Å². The van der Waals surface area contributed by atoms with E-state index in [2.05, 4.69) is 5.10 Å². The number of para-hydroxylation sites is 1. The molecule has 5 nitrogen and oxygen atoms in total.